The van der Waals surface area contributed by atoms with Crippen molar-refractivity contribution in [1.82, 2.24) is 21.3 Å². The predicted octanol–water partition coefficient (Wildman–Crippen LogP) is 11.4. The number of allylic oxidation sites excluding steroid dienone is 2. The lowest BCUT2D eigenvalue weighted by molar-refractivity contribution is -0.118. The van der Waals surface area contributed by atoms with Crippen LogP contribution in [-0.4, -0.2) is 197 Å². The van der Waals surface area contributed by atoms with Crippen LogP contribution in [0.3, 0.4) is 0 Å². The molecule has 0 fully saturated rings. The third-order valence-electron chi connectivity index (χ3n) is 15.1. The Kier molecular flexibility index (Phi) is 49.1. The molecule has 0 radical (unpaired) electrons. The Morgan fingerprint density at radius 2 is 0.643 bits per heavy atom. The van der Waals surface area contributed by atoms with Crippen LogP contribution in [0.1, 0.15) is 74.8 Å². The normalized spacial score (nSPS) is 12.5. The van der Waals surface area contributed by atoms with Gasteiger partial charge >= 0.3 is 0 Å². The molecule has 0 aliphatic rings. The largest absolute Gasteiger partial charge is 0.511 e. The molecule has 0 bridgehead atoms. The highest BCUT2D eigenvalue weighted by Crippen LogP contribution is 2.17. The number of aliphatic hydroxyl groups excluding tert-OH is 4. The van der Waals surface area contributed by atoms with Crippen LogP contribution in [0.25, 0.3) is 0 Å². The number of methoxy groups -OCH3 is 8. The Hall–Kier alpha value is -10.1. The van der Waals surface area contributed by atoms with Crippen molar-refractivity contribution in [2.75, 3.05) is 103 Å². The fourth-order valence-corrected chi connectivity index (χ4v) is 8.57. The van der Waals surface area contributed by atoms with Crippen molar-refractivity contribution in [2.24, 2.45) is 25.9 Å². The van der Waals surface area contributed by atoms with Gasteiger partial charge in [0.25, 0.3) is 23.6 Å². The zero-order valence-electron chi connectivity index (χ0n) is 64.4. The molecule has 8 N–H and O–H groups in total. The maximum absolute atomic E-state index is 13.8. The molecule has 5 aromatic carbocycles. The van der Waals surface area contributed by atoms with E-state index < -0.39 is 95.3 Å². The topological polar surface area (TPSA) is 339 Å². The molecule has 0 aromatic heterocycles. The maximum atomic E-state index is 13.8. The van der Waals surface area contributed by atoms with Gasteiger partial charge in [0.2, 0.25) is 0 Å². The van der Waals surface area contributed by atoms with Gasteiger partial charge in [-0.1, -0.05) is 82.3 Å². The highest BCUT2D eigenvalue weighted by atomic mass is 19.2. The first-order chi connectivity index (χ1) is 53.6. The van der Waals surface area contributed by atoms with Crippen LogP contribution in [0.5, 0.6) is 0 Å². The quantitative estimate of drug-likeness (QED) is 0.00449. The highest BCUT2D eigenvalue weighted by molar-refractivity contribution is 6.14. The van der Waals surface area contributed by atoms with E-state index in [9.17, 15) is 74.7 Å². The van der Waals surface area contributed by atoms with Gasteiger partial charge in [0.1, 0.15) is 82.8 Å². The lowest BCUT2D eigenvalue weighted by Gasteiger charge is -2.12. The number of rotatable bonds is 43. The van der Waals surface area contributed by atoms with E-state index in [4.69, 9.17) is 47.4 Å². The number of benzene rings is 5. The van der Waals surface area contributed by atoms with E-state index in [2.05, 4.69) is 41.2 Å². The van der Waals surface area contributed by atoms with Crippen LogP contribution in [0.15, 0.2) is 168 Å². The van der Waals surface area contributed by atoms with Crippen LogP contribution in [0.4, 0.5) is 35.1 Å². The van der Waals surface area contributed by atoms with Crippen molar-refractivity contribution < 1.29 is 122 Å². The van der Waals surface area contributed by atoms with Gasteiger partial charge in [-0.3, -0.25) is 39.1 Å². The first kappa shape index (κ1) is 97.9. The van der Waals surface area contributed by atoms with Crippen molar-refractivity contribution in [3.05, 3.63) is 223 Å². The molecule has 4 amide bonds. The van der Waals surface area contributed by atoms with Crippen molar-refractivity contribution >= 4 is 48.5 Å². The van der Waals surface area contributed by atoms with Crippen LogP contribution < -0.4 is 21.3 Å². The Labute approximate surface area is 645 Å². The lowest BCUT2D eigenvalue weighted by Crippen LogP contribution is -2.27. The third kappa shape index (κ3) is 38.7. The Bertz CT molecular complexity index is 3830. The molecule has 616 valence electrons. The number of hydrogen-bond acceptors (Lipinski definition) is 22. The number of carbonyl (C=O) groups excluding carboxylic acids is 4. The lowest BCUT2D eigenvalue weighted by atomic mass is 10.1. The highest BCUT2D eigenvalue weighted by Gasteiger charge is 2.21. The minimum Gasteiger partial charge on any atom is -0.511 e. The smallest absolute Gasteiger partial charge is 0.256 e. The average molecular weight is 1590 g/mol. The molecule has 0 aliphatic heterocycles. The number of aliphatic hydroxyl groups is 4. The summed E-state index contributed by atoms with van der Waals surface area (Å²) in [4.78, 5) is 65.8. The van der Waals surface area contributed by atoms with Crippen molar-refractivity contribution in [2.45, 2.75) is 105 Å². The predicted molar refractivity (Wildman–Crippen MR) is 403 cm³/mol. The summed E-state index contributed by atoms with van der Waals surface area (Å²) in [6.45, 7) is 7.38. The number of nitrogens with one attached hydrogen (secondary N) is 4. The van der Waals surface area contributed by atoms with Gasteiger partial charge < -0.3 is 89.1 Å². The molecule has 0 heterocycles. The maximum Gasteiger partial charge on any atom is 0.256 e. The fraction of sp³-hybridized carbons (Fsp3) is 0.410. The SMILES string of the molecule is CCC(O)=C(C=NCC(OC)OC)C(=O)NCc1ccc(F)cc1F.CCC(O)=C(C=NCC(OC)OC)C(=O)NCc1ccc(F)cc1F.COC(CN=CC(C(=O)NCc1ccc(F)cc1F)=C(O)COCCC(C)C)OC.COC(CN=CC(C(=O)NCc1ccc(F)cc1F)=C(O)COCc1ccccc1)OC. The molecule has 0 atom stereocenters. The molecular formula is C78H100F8N8O18. The van der Waals surface area contributed by atoms with Crippen molar-refractivity contribution in [3.63, 3.8) is 0 Å². The molecule has 0 unspecified atom stereocenters. The van der Waals surface area contributed by atoms with Crippen molar-refractivity contribution in [3.8, 4) is 0 Å². The van der Waals surface area contributed by atoms with E-state index >= 15 is 0 Å². The molecule has 0 saturated heterocycles. The second kappa shape index (κ2) is 56.1. The first-order valence-corrected chi connectivity index (χ1v) is 34.6. The summed E-state index contributed by atoms with van der Waals surface area (Å²) in [5, 5.41) is 50.5. The zero-order chi connectivity index (χ0) is 83.5. The van der Waals surface area contributed by atoms with E-state index in [-0.39, 0.29) is 153 Å². The summed E-state index contributed by atoms with van der Waals surface area (Å²) in [5.74, 6) is -9.11. The number of halogens is 8. The molecule has 0 saturated carbocycles. The summed E-state index contributed by atoms with van der Waals surface area (Å²) in [6.07, 6.45) is 3.63. The summed E-state index contributed by atoms with van der Waals surface area (Å²) < 4.78 is 157. The molecular weight excluding hydrogens is 1490 g/mol. The Morgan fingerprint density at radius 1 is 0.384 bits per heavy atom. The van der Waals surface area contributed by atoms with Gasteiger partial charge in [-0.15, -0.1) is 0 Å². The zero-order valence-corrected chi connectivity index (χ0v) is 64.4. The molecule has 0 aliphatic carbocycles. The van der Waals surface area contributed by atoms with Crippen LogP contribution in [0.2, 0.25) is 0 Å². The summed E-state index contributed by atoms with van der Waals surface area (Å²) in [6, 6.07) is 21.6. The number of amides is 4. The molecule has 112 heavy (non-hydrogen) atoms. The standard InChI is InChI=1S/C23H26F2N2O5.C21H30F2N2O5.2C17H22F2N2O4/c1-30-22(31-2)13-26-12-19(21(28)15-32-14-16-6-4-3-5-7-16)23(29)27-11-17-8-9-18(24)10-20(17)25;1-14(2)7-8-30-13-19(26)17(11-24-12-20(28-3)29-4)21(27)25-10-15-5-6-16(22)9-18(15)23;2*1-4-15(22)13(9-20-10-16(24-2)25-3)17(23)21-8-11-5-6-12(18)7-14(11)19/h3-10,12,22,28H,11,13-15H2,1-2H3,(H,27,29);5-6,9,11,14,20,26H,7-8,10,12-13H2,1-4H3,(H,25,27);2*5-7,9,16,22H,4,8,10H2,1-3H3,(H,21,23). The van der Waals surface area contributed by atoms with E-state index in [1.54, 1.807) is 13.8 Å². The van der Waals surface area contributed by atoms with Crippen LogP contribution in [-0.2, 0) is 99.3 Å². The summed E-state index contributed by atoms with van der Waals surface area (Å²) >= 11 is 0. The summed E-state index contributed by atoms with van der Waals surface area (Å²) in [7, 11) is 11.6. The molecule has 34 heteroatoms. The summed E-state index contributed by atoms with van der Waals surface area (Å²) in [5.41, 5.74) is 0.963. The number of ether oxygens (including phenoxy) is 10. The number of hydrogen-bond donors (Lipinski definition) is 8. The van der Waals surface area contributed by atoms with E-state index in [1.165, 1.54) is 106 Å². The molecule has 26 nitrogen and oxygen atoms in total. The van der Waals surface area contributed by atoms with E-state index in [0.29, 0.717) is 12.5 Å². The minimum absolute atomic E-state index is 0.0454. The fourth-order valence-electron chi connectivity index (χ4n) is 8.57. The van der Waals surface area contributed by atoms with Gasteiger partial charge in [-0.2, -0.15) is 0 Å². The Balaban J connectivity index is 0.000000510. The van der Waals surface area contributed by atoms with Gasteiger partial charge in [-0.25, -0.2) is 35.1 Å². The number of aliphatic imine (C=N–C) groups is 4. The van der Waals surface area contributed by atoms with E-state index in [0.717, 1.165) is 60.5 Å². The van der Waals surface area contributed by atoms with Gasteiger partial charge in [-0.05, 0) is 42.2 Å². The average Bonchev–Trinajstić information content (AvgIpc) is 0.877. The van der Waals surface area contributed by atoms with Crippen LogP contribution in [0, 0.1) is 52.5 Å². The second-order valence-corrected chi connectivity index (χ2v) is 23.6. The molecule has 5 rings (SSSR count). The second-order valence-electron chi connectivity index (χ2n) is 23.6. The van der Waals surface area contributed by atoms with Crippen LogP contribution >= 0.6 is 0 Å². The monoisotopic (exact) mass is 1590 g/mol. The number of nitrogens with zero attached hydrogens (tertiary/aromatic N) is 4. The Morgan fingerprint density at radius 3 is 0.884 bits per heavy atom. The van der Waals surface area contributed by atoms with Crippen molar-refractivity contribution in [1.29, 1.82) is 0 Å². The van der Waals surface area contributed by atoms with Gasteiger partial charge in [0.05, 0.1) is 55.1 Å². The minimum atomic E-state index is -0.789. The first-order valence-electron chi connectivity index (χ1n) is 34.6. The molecule has 0 spiro atoms. The third-order valence-corrected chi connectivity index (χ3v) is 15.1. The van der Waals surface area contributed by atoms with E-state index in [1.807, 2.05) is 44.2 Å². The van der Waals surface area contributed by atoms with Gasteiger partial charge in [0.15, 0.2) is 25.2 Å². The van der Waals surface area contributed by atoms with Gasteiger partial charge in [0, 0.05) is 174 Å². The molecule has 5 aromatic rings. The number of carbonyl (C=O) groups is 4.